The summed E-state index contributed by atoms with van der Waals surface area (Å²) < 4.78 is 23.6. The Labute approximate surface area is 359 Å². The Hall–Kier alpha value is -5.80. The van der Waals surface area contributed by atoms with Crippen molar-refractivity contribution in [3.63, 3.8) is 0 Å². The fourth-order valence-electron chi connectivity index (χ4n) is 8.79. The van der Waals surface area contributed by atoms with Gasteiger partial charge in [-0.25, -0.2) is 4.99 Å². The van der Waals surface area contributed by atoms with Gasteiger partial charge in [-0.2, -0.15) is 9.90 Å². The number of hydrogen-bond acceptors (Lipinski definition) is 16. The van der Waals surface area contributed by atoms with Gasteiger partial charge in [0.15, 0.2) is 23.1 Å². The average molecular weight is 871 g/mol. The number of aliphatic imine (C=N–C) groups is 1. The molecule has 3 aromatic carbocycles. The number of hydroxylamine groups is 2. The van der Waals surface area contributed by atoms with Crippen LogP contribution in [0.25, 0.3) is 27.8 Å². The minimum atomic E-state index is -3.18. The minimum Gasteiger partial charge on any atom is -0.508 e. The molecule has 1 aromatic heterocycles. The summed E-state index contributed by atoms with van der Waals surface area (Å²) in [5, 5.41) is 79.3. The highest BCUT2D eigenvalue weighted by Crippen LogP contribution is 2.36. The number of carbonyl (C=O) groups excluding carboxylic acids is 1. The van der Waals surface area contributed by atoms with Crippen LogP contribution in [0.1, 0.15) is 29.5 Å². The zero-order valence-corrected chi connectivity index (χ0v) is 34.2. The number of esters is 1. The molecule has 10 atom stereocenters. The molecule has 18 nitrogen and oxygen atoms in total. The maximum Gasteiger partial charge on any atom is 0.324 e. The van der Waals surface area contributed by atoms with Crippen molar-refractivity contribution in [3.8, 4) is 22.6 Å². The smallest absolute Gasteiger partial charge is 0.324 e. The van der Waals surface area contributed by atoms with Gasteiger partial charge in [0, 0.05) is 36.1 Å². The summed E-state index contributed by atoms with van der Waals surface area (Å²) in [7, 11) is 0. The van der Waals surface area contributed by atoms with Gasteiger partial charge in [0.2, 0.25) is 12.4 Å². The normalized spacial score (nSPS) is 27.1. The number of aromatic hydroxyl groups is 1. The summed E-state index contributed by atoms with van der Waals surface area (Å²) in [5.41, 5.74) is 5.17. The molecule has 4 aromatic rings. The number of phenols is 1. The molecule has 10 unspecified atom stereocenters. The van der Waals surface area contributed by atoms with Crippen LogP contribution < -0.4 is 20.5 Å². The van der Waals surface area contributed by atoms with Gasteiger partial charge in [-0.05, 0) is 87.2 Å². The van der Waals surface area contributed by atoms with E-state index in [1.54, 1.807) is 18.3 Å². The number of carboxylic acids is 1. The van der Waals surface area contributed by atoms with E-state index < -0.39 is 85.0 Å². The van der Waals surface area contributed by atoms with Crippen LogP contribution >= 0.6 is 0 Å². The molecule has 8 rings (SSSR count). The predicted octanol–water partition coefficient (Wildman–Crippen LogP) is 0.472. The molecule has 18 heteroatoms. The lowest BCUT2D eigenvalue weighted by Gasteiger charge is -2.46. The Kier molecular flexibility index (Phi) is 12.4. The molecule has 4 aliphatic heterocycles. The van der Waals surface area contributed by atoms with Crippen molar-refractivity contribution >= 4 is 34.8 Å². The van der Waals surface area contributed by atoms with Crippen LogP contribution in [0.4, 0.5) is 0 Å². The third-order valence-electron chi connectivity index (χ3n) is 11.9. The fourth-order valence-corrected chi connectivity index (χ4v) is 8.79. The molecular weight excluding hydrogens is 823 g/mol. The van der Waals surface area contributed by atoms with Gasteiger partial charge in [-0.3, -0.25) is 14.4 Å². The number of carboxylic acid groups (broad SMARTS) is 1. The number of quaternary nitrogens is 1. The molecule has 0 spiro atoms. The summed E-state index contributed by atoms with van der Waals surface area (Å²) in [4.78, 5) is 50.9. The number of phenolic OH excluding ortho intramolecular Hbond substituents is 1. The number of aliphatic hydroxyl groups excluding tert-OH is 4. The second-order valence-corrected chi connectivity index (χ2v) is 16.3. The SMILES string of the molecule is Cc1cc(C)cc(C2=C3N=CC=C3C[NH+]2OC2C(Oc3ccc4c(=O)c(-c5ccc(O)cc5)coc4c3)OC(C(O)(CO)OC(=O)C(C(=O)O)C3NCCCC3CO)C(O)C2O)c1. The van der Waals surface area contributed by atoms with E-state index in [1.165, 1.54) is 36.6 Å². The summed E-state index contributed by atoms with van der Waals surface area (Å²) in [6, 6.07) is 15.0. The van der Waals surface area contributed by atoms with E-state index in [1.807, 2.05) is 38.1 Å². The Morgan fingerprint density at radius 2 is 1.76 bits per heavy atom. The van der Waals surface area contributed by atoms with Crippen LogP contribution in [-0.4, -0.2) is 123 Å². The van der Waals surface area contributed by atoms with Gasteiger partial charge in [0.25, 0.3) is 5.79 Å². The number of aliphatic carboxylic acids is 1. The Bertz CT molecular complexity index is 2530. The van der Waals surface area contributed by atoms with Gasteiger partial charge >= 0.3 is 11.9 Å². The van der Waals surface area contributed by atoms with E-state index in [2.05, 4.69) is 10.3 Å². The minimum absolute atomic E-state index is 0.00801. The lowest BCUT2D eigenvalue weighted by atomic mass is 9.83. The van der Waals surface area contributed by atoms with Gasteiger partial charge in [-0.15, -0.1) is 0 Å². The fraction of sp³-hybridized carbons (Fsp3) is 0.378. The monoisotopic (exact) mass is 870 g/mol. The van der Waals surface area contributed by atoms with Crippen LogP contribution in [0.2, 0.25) is 0 Å². The number of benzene rings is 3. The number of fused-ring (bicyclic) bond motifs is 2. The quantitative estimate of drug-likeness (QED) is 0.0502. The molecule has 4 aliphatic rings. The summed E-state index contributed by atoms with van der Waals surface area (Å²) in [6.45, 7) is 2.55. The first-order chi connectivity index (χ1) is 30.2. The molecule has 0 aliphatic carbocycles. The van der Waals surface area contributed by atoms with Gasteiger partial charge < -0.3 is 59.7 Å². The van der Waals surface area contributed by atoms with Crippen LogP contribution in [0, 0.1) is 25.7 Å². The maximum atomic E-state index is 13.7. The van der Waals surface area contributed by atoms with Crippen molar-refractivity contribution in [3.05, 3.63) is 111 Å². The molecule has 332 valence electrons. The van der Waals surface area contributed by atoms with E-state index in [0.717, 1.165) is 22.3 Å². The standard InChI is InChI=1S/C45H47N3O15/c1-22-14-23(2)16-27(15-22)36-35-25(11-13-47-35)18-48(36)63-40-38(53)39(54)41(45(58,21-50)62-43(57)33(42(55)56)34-26(19-49)4-3-12-46-34)61-44(40)60-29-9-10-30-32(17-29)59-20-31(37(30)52)24-5-7-28(51)8-6-24/h5-11,13-17,20,26,33-34,38-41,44,46,49-51,53-54,58H,3-4,12,18-19,21H2,1-2H3,(H,55,56)/p+1. The van der Waals surface area contributed by atoms with Crippen molar-refractivity contribution in [2.75, 3.05) is 26.3 Å². The van der Waals surface area contributed by atoms with Crippen molar-refractivity contribution in [2.24, 2.45) is 16.8 Å². The molecule has 63 heavy (non-hydrogen) atoms. The van der Waals surface area contributed by atoms with Crippen LogP contribution in [0.15, 0.2) is 98.5 Å². The molecule has 0 radical (unpaired) electrons. The largest absolute Gasteiger partial charge is 0.508 e. The number of rotatable bonds is 13. The average Bonchev–Trinajstić information content (AvgIpc) is 3.85. The lowest BCUT2D eigenvalue weighted by Crippen LogP contribution is -3.08. The summed E-state index contributed by atoms with van der Waals surface area (Å²) in [6.07, 6.45) is -3.99. The zero-order chi connectivity index (χ0) is 44.7. The second-order valence-electron chi connectivity index (χ2n) is 16.3. The van der Waals surface area contributed by atoms with Gasteiger partial charge in [0.1, 0.15) is 54.4 Å². The highest BCUT2D eigenvalue weighted by molar-refractivity contribution is 5.95. The van der Waals surface area contributed by atoms with E-state index in [-0.39, 0.29) is 34.6 Å². The number of carbonyl (C=O) groups is 2. The Morgan fingerprint density at radius 1 is 1.02 bits per heavy atom. The molecule has 0 amide bonds. The van der Waals surface area contributed by atoms with Crippen molar-refractivity contribution in [2.45, 2.75) is 69.2 Å². The first-order valence-corrected chi connectivity index (χ1v) is 20.5. The van der Waals surface area contributed by atoms with Gasteiger partial charge in [-0.1, -0.05) is 29.3 Å². The van der Waals surface area contributed by atoms with Crippen molar-refractivity contribution in [1.82, 2.24) is 5.32 Å². The van der Waals surface area contributed by atoms with Gasteiger partial charge in [0.05, 0.1) is 10.9 Å². The number of nitrogens with zero attached hydrogens (tertiary/aromatic N) is 1. The third kappa shape index (κ3) is 8.52. The summed E-state index contributed by atoms with van der Waals surface area (Å²) in [5.74, 6) is -8.95. The maximum absolute atomic E-state index is 13.7. The molecule has 5 heterocycles. The number of hydrogen-bond donors (Lipinski definition) is 9. The van der Waals surface area contributed by atoms with Crippen LogP contribution in [-0.2, 0) is 23.9 Å². The summed E-state index contributed by atoms with van der Waals surface area (Å²) >= 11 is 0. The highest BCUT2D eigenvalue weighted by Gasteiger charge is 2.59. The number of allylic oxidation sites excluding steroid dienone is 1. The molecule has 0 saturated carbocycles. The number of ether oxygens (including phenoxy) is 3. The number of nitrogens with one attached hydrogen (secondary N) is 2. The third-order valence-corrected chi connectivity index (χ3v) is 11.9. The van der Waals surface area contributed by atoms with Crippen molar-refractivity contribution in [1.29, 1.82) is 0 Å². The first-order valence-electron chi connectivity index (χ1n) is 20.5. The first kappa shape index (κ1) is 43.8. The topological polar surface area (TPSA) is 272 Å². The highest BCUT2D eigenvalue weighted by atomic mass is 16.8. The van der Waals surface area contributed by atoms with Crippen LogP contribution in [0.5, 0.6) is 11.5 Å². The number of aliphatic hydroxyl groups is 5. The number of aryl methyl sites for hydroxylation is 2. The molecule has 2 saturated heterocycles. The van der Waals surface area contributed by atoms with E-state index in [9.17, 15) is 50.1 Å². The van der Waals surface area contributed by atoms with E-state index in [0.29, 0.717) is 41.4 Å². The van der Waals surface area contributed by atoms with E-state index >= 15 is 0 Å². The Morgan fingerprint density at radius 3 is 2.46 bits per heavy atom. The van der Waals surface area contributed by atoms with Crippen molar-refractivity contribution < 1.29 is 73.9 Å². The zero-order valence-electron chi connectivity index (χ0n) is 34.2. The van der Waals surface area contributed by atoms with Crippen LogP contribution in [0.3, 0.4) is 0 Å². The molecule has 9 N–H and O–H groups in total. The number of piperidine rings is 1. The predicted molar refractivity (Wildman–Crippen MR) is 222 cm³/mol. The Balaban J connectivity index is 1.14. The molecule has 2 fully saturated rings. The molecule has 0 bridgehead atoms. The lowest BCUT2D eigenvalue weighted by molar-refractivity contribution is -1.04. The molecular formula is C45H48N3O15+. The second kappa shape index (κ2) is 17.8. The van der Waals surface area contributed by atoms with E-state index in [4.69, 9.17) is 23.5 Å².